The van der Waals surface area contributed by atoms with Gasteiger partial charge in [-0.1, -0.05) is 6.07 Å². The number of hydrogen-bond acceptors (Lipinski definition) is 7. The second-order valence-corrected chi connectivity index (χ2v) is 8.88. The normalized spacial score (nSPS) is 14.2. The van der Waals surface area contributed by atoms with E-state index in [1.807, 2.05) is 20.9 Å². The Bertz CT molecular complexity index is 1490. The number of aromatic nitrogens is 5. The van der Waals surface area contributed by atoms with Crippen molar-refractivity contribution in [3.63, 3.8) is 0 Å². The Morgan fingerprint density at radius 2 is 1.97 bits per heavy atom. The number of piperazine rings is 1. The molecule has 0 spiro atoms. The molecule has 0 radical (unpaired) electrons. The smallest absolute Gasteiger partial charge is 0.239 e. The van der Waals surface area contributed by atoms with Crippen LogP contribution in [0.5, 0.6) is 0 Å². The molecule has 1 aromatic carbocycles. The van der Waals surface area contributed by atoms with Crippen LogP contribution in [-0.4, -0.2) is 67.8 Å². The lowest BCUT2D eigenvalue weighted by atomic mass is 10.2. The van der Waals surface area contributed by atoms with Gasteiger partial charge in [-0.25, -0.2) is 14.4 Å². The Morgan fingerprint density at radius 1 is 1.19 bits per heavy atom. The number of anilines is 2. The highest BCUT2D eigenvalue weighted by Crippen LogP contribution is 2.30. The van der Waals surface area contributed by atoms with Crippen LogP contribution >= 0.6 is 0 Å². The first-order valence-electron chi connectivity index (χ1n) is 11.6. The number of hydrogen-bond donors (Lipinski definition) is 1. The molecule has 1 aliphatic heterocycles. The molecule has 4 heterocycles. The molecule has 3 aromatic heterocycles. The molecule has 5 rings (SSSR count). The average Bonchev–Trinajstić information content (AvgIpc) is 3.36. The number of fused-ring (bicyclic) bond motifs is 1. The maximum atomic E-state index is 13.9. The van der Waals surface area contributed by atoms with Crippen molar-refractivity contribution in [3.05, 3.63) is 59.4 Å². The summed E-state index contributed by atoms with van der Waals surface area (Å²) >= 11 is 0. The van der Waals surface area contributed by atoms with Crippen molar-refractivity contribution in [1.29, 1.82) is 5.26 Å². The van der Waals surface area contributed by atoms with Gasteiger partial charge in [0, 0.05) is 38.9 Å². The fourth-order valence-electron chi connectivity index (χ4n) is 4.69. The summed E-state index contributed by atoms with van der Waals surface area (Å²) in [6.45, 7) is 6.61. The third kappa shape index (κ3) is 4.16. The molecule has 184 valence electrons. The number of nitrogens with one attached hydrogen (secondary N) is 1. The van der Waals surface area contributed by atoms with Crippen molar-refractivity contribution in [3.8, 4) is 11.8 Å². The lowest BCUT2D eigenvalue weighted by Gasteiger charge is -2.35. The molecule has 1 saturated heterocycles. The molecule has 0 bridgehead atoms. The van der Waals surface area contributed by atoms with Gasteiger partial charge in [0.1, 0.15) is 29.8 Å². The maximum absolute atomic E-state index is 13.9. The average molecular weight is 488 g/mol. The second kappa shape index (κ2) is 9.39. The zero-order valence-corrected chi connectivity index (χ0v) is 20.4. The van der Waals surface area contributed by atoms with Crippen molar-refractivity contribution in [2.45, 2.75) is 13.8 Å². The summed E-state index contributed by atoms with van der Waals surface area (Å²) in [5.74, 6) is 0.586. The number of aryl methyl sites for hydroxylation is 1. The van der Waals surface area contributed by atoms with Crippen LogP contribution in [0.1, 0.15) is 16.8 Å². The number of amides is 1. The zero-order chi connectivity index (χ0) is 25.4. The number of halogens is 1. The van der Waals surface area contributed by atoms with E-state index in [2.05, 4.69) is 36.3 Å². The van der Waals surface area contributed by atoms with Crippen molar-refractivity contribution in [2.75, 3.05) is 42.9 Å². The maximum Gasteiger partial charge on any atom is 0.239 e. The quantitative estimate of drug-likeness (QED) is 0.461. The minimum atomic E-state index is -0.390. The molecule has 11 heteroatoms. The number of nitriles is 1. The van der Waals surface area contributed by atoms with E-state index in [1.54, 1.807) is 33.9 Å². The van der Waals surface area contributed by atoms with Crippen LogP contribution in [0.25, 0.3) is 16.7 Å². The number of nitrogens with zero attached hydrogens (tertiary/aromatic N) is 8. The molecule has 36 heavy (non-hydrogen) atoms. The van der Waals surface area contributed by atoms with Gasteiger partial charge < -0.3 is 10.2 Å². The van der Waals surface area contributed by atoms with Gasteiger partial charge in [-0.3, -0.25) is 18.9 Å². The summed E-state index contributed by atoms with van der Waals surface area (Å²) in [7, 11) is 1.85. The fourth-order valence-corrected chi connectivity index (χ4v) is 4.69. The standard InChI is InChI=1S/C25H26FN9O/c1-16-17(2)35(19-6-4-5-18(26)11-19)25(20(16)12-27)31-22(36)14-33-7-9-34(10-8-33)24-21-13-30-32(3)23(21)28-15-29-24/h4-6,11,13,15H,7-10,14H2,1-3H3,(H,31,36). The SMILES string of the molecule is Cc1c(C#N)c(NC(=O)CN2CCN(c3ncnc4c3cnn4C)CC2)n(-c2cccc(F)c2)c1C. The molecule has 1 aliphatic rings. The monoisotopic (exact) mass is 487 g/mol. The van der Waals surface area contributed by atoms with Gasteiger partial charge in [0.05, 0.1) is 29.4 Å². The predicted octanol–water partition coefficient (Wildman–Crippen LogP) is 2.54. The van der Waals surface area contributed by atoms with Crippen molar-refractivity contribution in [2.24, 2.45) is 7.05 Å². The van der Waals surface area contributed by atoms with E-state index in [9.17, 15) is 14.4 Å². The number of carbonyl (C=O) groups is 1. The van der Waals surface area contributed by atoms with Gasteiger partial charge in [-0.2, -0.15) is 10.4 Å². The van der Waals surface area contributed by atoms with Crippen LogP contribution in [-0.2, 0) is 11.8 Å². The van der Waals surface area contributed by atoms with Crippen LogP contribution in [0, 0.1) is 31.0 Å². The van der Waals surface area contributed by atoms with Crippen molar-refractivity contribution in [1.82, 2.24) is 29.2 Å². The van der Waals surface area contributed by atoms with E-state index in [4.69, 9.17) is 0 Å². The van der Waals surface area contributed by atoms with Crippen LogP contribution in [0.15, 0.2) is 36.8 Å². The van der Waals surface area contributed by atoms with Crippen LogP contribution < -0.4 is 10.2 Å². The number of carbonyl (C=O) groups excluding carboxylic acids is 1. The molecule has 1 amide bonds. The van der Waals surface area contributed by atoms with Gasteiger partial charge in [-0.15, -0.1) is 0 Å². The van der Waals surface area contributed by atoms with E-state index < -0.39 is 0 Å². The van der Waals surface area contributed by atoms with E-state index in [-0.39, 0.29) is 18.3 Å². The van der Waals surface area contributed by atoms with Gasteiger partial charge in [0.15, 0.2) is 5.65 Å². The first-order valence-corrected chi connectivity index (χ1v) is 11.6. The highest BCUT2D eigenvalue weighted by atomic mass is 19.1. The Kier molecular flexibility index (Phi) is 6.12. The van der Waals surface area contributed by atoms with Gasteiger partial charge in [0.2, 0.25) is 5.91 Å². The largest absolute Gasteiger partial charge is 0.353 e. The Morgan fingerprint density at radius 3 is 2.69 bits per heavy atom. The molecular weight excluding hydrogens is 461 g/mol. The van der Waals surface area contributed by atoms with Crippen molar-refractivity contribution < 1.29 is 9.18 Å². The summed E-state index contributed by atoms with van der Waals surface area (Å²) < 4.78 is 17.4. The molecule has 0 unspecified atom stereocenters. The van der Waals surface area contributed by atoms with Gasteiger partial charge >= 0.3 is 0 Å². The third-order valence-electron chi connectivity index (χ3n) is 6.70. The summed E-state index contributed by atoms with van der Waals surface area (Å²) in [5.41, 5.74) is 3.22. The Hall–Kier alpha value is -4.30. The lowest BCUT2D eigenvalue weighted by Crippen LogP contribution is -2.49. The highest BCUT2D eigenvalue weighted by Gasteiger charge is 2.25. The summed E-state index contributed by atoms with van der Waals surface area (Å²) in [6, 6.07) is 8.29. The topological polar surface area (TPSA) is 108 Å². The molecule has 0 saturated carbocycles. The van der Waals surface area contributed by atoms with Crippen LogP contribution in [0.2, 0.25) is 0 Å². The molecule has 0 atom stereocenters. The molecule has 10 nitrogen and oxygen atoms in total. The molecule has 4 aromatic rings. The summed E-state index contributed by atoms with van der Waals surface area (Å²) in [4.78, 5) is 26.1. The highest BCUT2D eigenvalue weighted by molar-refractivity contribution is 5.94. The van der Waals surface area contributed by atoms with E-state index in [0.29, 0.717) is 43.2 Å². The minimum absolute atomic E-state index is 0.178. The van der Waals surface area contributed by atoms with E-state index in [0.717, 1.165) is 28.1 Å². The van der Waals surface area contributed by atoms with Crippen LogP contribution in [0.4, 0.5) is 16.0 Å². The zero-order valence-electron chi connectivity index (χ0n) is 20.4. The third-order valence-corrected chi connectivity index (χ3v) is 6.70. The number of rotatable bonds is 5. The predicted molar refractivity (Wildman–Crippen MR) is 134 cm³/mol. The van der Waals surface area contributed by atoms with Crippen molar-refractivity contribution >= 4 is 28.6 Å². The number of benzene rings is 1. The van der Waals surface area contributed by atoms with Gasteiger partial charge in [-0.05, 0) is 37.6 Å². The van der Waals surface area contributed by atoms with E-state index >= 15 is 0 Å². The Balaban J connectivity index is 1.29. The lowest BCUT2D eigenvalue weighted by molar-refractivity contribution is -0.117. The second-order valence-electron chi connectivity index (χ2n) is 8.88. The first-order chi connectivity index (χ1) is 17.4. The molecule has 1 fully saturated rings. The summed E-state index contributed by atoms with van der Waals surface area (Å²) in [5, 5.41) is 17.9. The fraction of sp³-hybridized carbons (Fsp3) is 0.320. The molecular formula is C25H26FN9O. The van der Waals surface area contributed by atoms with E-state index in [1.165, 1.54) is 12.1 Å². The molecule has 1 N–H and O–H groups in total. The first kappa shape index (κ1) is 23.4. The van der Waals surface area contributed by atoms with Gasteiger partial charge in [0.25, 0.3) is 0 Å². The molecule has 0 aliphatic carbocycles. The Labute approximate surface area is 207 Å². The minimum Gasteiger partial charge on any atom is -0.353 e. The summed E-state index contributed by atoms with van der Waals surface area (Å²) in [6.07, 6.45) is 3.32. The van der Waals surface area contributed by atoms with Crippen LogP contribution in [0.3, 0.4) is 0 Å².